The molecule has 4 atom stereocenters. The molecule has 4 unspecified atom stereocenters. The molecule has 1 N–H and O–H groups in total. The third-order valence-corrected chi connectivity index (χ3v) is 5.78. The van der Waals surface area contributed by atoms with Gasteiger partial charge in [0.15, 0.2) is 0 Å². The zero-order valence-corrected chi connectivity index (χ0v) is 13.1. The van der Waals surface area contributed by atoms with Gasteiger partial charge in [0.05, 0.1) is 0 Å². The Morgan fingerprint density at radius 1 is 1.15 bits per heavy atom. The summed E-state index contributed by atoms with van der Waals surface area (Å²) in [6, 6.07) is 9.76. The molecule has 0 spiro atoms. The maximum Gasteiger partial charge on any atom is 0.00699 e. The van der Waals surface area contributed by atoms with Crippen LogP contribution in [0.1, 0.15) is 49.7 Å². The largest absolute Gasteiger partial charge is 0.317 e. The quantitative estimate of drug-likeness (QED) is 0.811. The van der Waals surface area contributed by atoms with E-state index in [2.05, 4.69) is 43.6 Å². The van der Waals surface area contributed by atoms with Crippen LogP contribution in [0.4, 0.5) is 0 Å². The average molecular weight is 271 g/mol. The first-order chi connectivity index (χ1) is 9.74. The van der Waals surface area contributed by atoms with Gasteiger partial charge in [-0.25, -0.2) is 0 Å². The third-order valence-electron chi connectivity index (χ3n) is 5.78. The van der Waals surface area contributed by atoms with Crippen LogP contribution >= 0.6 is 0 Å². The highest BCUT2D eigenvalue weighted by molar-refractivity contribution is 5.21. The first-order valence-corrected chi connectivity index (χ1v) is 8.47. The number of aryl methyl sites for hydroxylation is 2. The van der Waals surface area contributed by atoms with Gasteiger partial charge in [0.2, 0.25) is 0 Å². The summed E-state index contributed by atoms with van der Waals surface area (Å²) in [7, 11) is 2.15. The first-order valence-electron chi connectivity index (χ1n) is 8.47. The molecule has 0 aromatic heterocycles. The zero-order valence-electron chi connectivity index (χ0n) is 13.1. The van der Waals surface area contributed by atoms with E-state index in [1.54, 1.807) is 6.42 Å². The summed E-state index contributed by atoms with van der Waals surface area (Å²) in [5.41, 5.74) is 2.85. The maximum absolute atomic E-state index is 3.57. The molecule has 2 bridgehead atoms. The number of fused-ring (bicyclic) bond motifs is 2. The van der Waals surface area contributed by atoms with Crippen LogP contribution in [0.3, 0.4) is 0 Å². The van der Waals surface area contributed by atoms with Crippen molar-refractivity contribution in [3.05, 3.63) is 35.4 Å². The van der Waals surface area contributed by atoms with Crippen LogP contribution in [0, 0.1) is 24.7 Å². The molecular formula is C19H29N. The normalized spacial score (nSPS) is 29.8. The number of rotatable bonds is 6. The van der Waals surface area contributed by atoms with Gasteiger partial charge in [0.1, 0.15) is 0 Å². The van der Waals surface area contributed by atoms with Crippen molar-refractivity contribution in [2.75, 3.05) is 7.05 Å². The summed E-state index contributed by atoms with van der Waals surface area (Å²) in [6.45, 7) is 2.16. The van der Waals surface area contributed by atoms with Crippen molar-refractivity contribution in [3.8, 4) is 0 Å². The van der Waals surface area contributed by atoms with Crippen molar-refractivity contribution in [2.24, 2.45) is 17.8 Å². The van der Waals surface area contributed by atoms with Gasteiger partial charge in [-0.3, -0.25) is 0 Å². The van der Waals surface area contributed by atoms with E-state index < -0.39 is 0 Å². The van der Waals surface area contributed by atoms with Crippen molar-refractivity contribution in [2.45, 2.75) is 57.9 Å². The lowest BCUT2D eigenvalue weighted by Crippen LogP contribution is -2.30. The second-order valence-corrected chi connectivity index (χ2v) is 7.18. The fourth-order valence-electron chi connectivity index (χ4n) is 4.51. The van der Waals surface area contributed by atoms with E-state index in [0.717, 1.165) is 17.8 Å². The Bertz CT molecular complexity index is 422. The molecule has 110 valence electrons. The van der Waals surface area contributed by atoms with E-state index in [0.29, 0.717) is 6.04 Å². The summed E-state index contributed by atoms with van der Waals surface area (Å²) in [5.74, 6) is 3.17. The van der Waals surface area contributed by atoms with E-state index in [9.17, 15) is 0 Å². The second kappa shape index (κ2) is 6.30. The molecule has 20 heavy (non-hydrogen) atoms. The Morgan fingerprint density at radius 2 is 1.95 bits per heavy atom. The molecule has 0 heterocycles. The Labute approximate surface area is 124 Å². The van der Waals surface area contributed by atoms with E-state index in [1.807, 2.05) is 0 Å². The van der Waals surface area contributed by atoms with Gasteiger partial charge < -0.3 is 5.32 Å². The molecule has 1 aromatic carbocycles. The van der Waals surface area contributed by atoms with Crippen molar-refractivity contribution >= 4 is 0 Å². The highest BCUT2D eigenvalue weighted by Crippen LogP contribution is 2.50. The topological polar surface area (TPSA) is 12.0 Å². The van der Waals surface area contributed by atoms with Crippen LogP contribution in [0.2, 0.25) is 0 Å². The van der Waals surface area contributed by atoms with Gasteiger partial charge in [-0.05, 0) is 75.8 Å². The molecule has 2 aliphatic carbocycles. The van der Waals surface area contributed by atoms with E-state index in [-0.39, 0.29) is 0 Å². The number of benzene rings is 1. The molecule has 1 nitrogen and oxygen atoms in total. The maximum atomic E-state index is 3.57. The van der Waals surface area contributed by atoms with E-state index >= 15 is 0 Å². The van der Waals surface area contributed by atoms with E-state index in [1.165, 1.54) is 49.7 Å². The van der Waals surface area contributed by atoms with Crippen LogP contribution in [0.15, 0.2) is 24.3 Å². The van der Waals surface area contributed by atoms with Crippen LogP contribution in [-0.4, -0.2) is 13.1 Å². The van der Waals surface area contributed by atoms with Gasteiger partial charge in [0, 0.05) is 6.04 Å². The molecule has 1 aromatic rings. The third kappa shape index (κ3) is 3.25. The lowest BCUT2D eigenvalue weighted by molar-refractivity contribution is 0.277. The minimum absolute atomic E-state index is 0.709. The standard InChI is InChI=1S/C19H29N/c1-14-3-5-15(6-4-14)8-10-19(20-2)13-18-12-16-7-9-17(18)11-16/h3-6,16-20H,7-13H2,1-2H3. The van der Waals surface area contributed by atoms with Gasteiger partial charge >= 0.3 is 0 Å². The molecular weight excluding hydrogens is 242 g/mol. The average Bonchev–Trinajstić information content (AvgIpc) is 3.07. The lowest BCUT2D eigenvalue weighted by Gasteiger charge is -2.26. The molecule has 2 fully saturated rings. The summed E-state index contributed by atoms with van der Waals surface area (Å²) in [5, 5.41) is 3.57. The Balaban J connectivity index is 1.48. The van der Waals surface area contributed by atoms with Gasteiger partial charge in [-0.2, -0.15) is 0 Å². The zero-order chi connectivity index (χ0) is 13.9. The molecule has 2 saturated carbocycles. The minimum Gasteiger partial charge on any atom is -0.317 e. The number of hydrogen-bond acceptors (Lipinski definition) is 1. The fraction of sp³-hybridized carbons (Fsp3) is 0.684. The van der Waals surface area contributed by atoms with Gasteiger partial charge in [-0.1, -0.05) is 36.2 Å². The predicted molar refractivity (Wildman–Crippen MR) is 85.9 cm³/mol. The van der Waals surface area contributed by atoms with Gasteiger partial charge in [-0.15, -0.1) is 0 Å². The first kappa shape index (κ1) is 14.1. The summed E-state index contributed by atoms with van der Waals surface area (Å²) in [6.07, 6.45) is 10.0. The van der Waals surface area contributed by atoms with Crippen molar-refractivity contribution in [1.82, 2.24) is 5.32 Å². The Hall–Kier alpha value is -0.820. The van der Waals surface area contributed by atoms with Crippen LogP contribution in [-0.2, 0) is 6.42 Å². The van der Waals surface area contributed by atoms with Crippen LogP contribution in [0.5, 0.6) is 0 Å². The van der Waals surface area contributed by atoms with Crippen molar-refractivity contribution in [3.63, 3.8) is 0 Å². The highest BCUT2D eigenvalue weighted by Gasteiger charge is 2.39. The molecule has 3 rings (SSSR count). The number of hydrogen-bond donors (Lipinski definition) is 1. The molecule has 0 aliphatic heterocycles. The number of nitrogens with one attached hydrogen (secondary N) is 1. The molecule has 0 radical (unpaired) electrons. The SMILES string of the molecule is CNC(CCc1ccc(C)cc1)CC1CC2CCC1C2. The van der Waals surface area contributed by atoms with Crippen molar-refractivity contribution < 1.29 is 0 Å². The molecule has 1 heteroatoms. The van der Waals surface area contributed by atoms with Crippen LogP contribution < -0.4 is 5.32 Å². The molecule has 0 saturated heterocycles. The molecule has 2 aliphatic rings. The Kier molecular flexibility index (Phi) is 4.45. The summed E-state index contributed by atoms with van der Waals surface area (Å²) in [4.78, 5) is 0. The van der Waals surface area contributed by atoms with Gasteiger partial charge in [0.25, 0.3) is 0 Å². The Morgan fingerprint density at radius 3 is 2.55 bits per heavy atom. The lowest BCUT2D eigenvalue weighted by atomic mass is 9.83. The van der Waals surface area contributed by atoms with E-state index in [4.69, 9.17) is 0 Å². The summed E-state index contributed by atoms with van der Waals surface area (Å²) < 4.78 is 0. The highest BCUT2D eigenvalue weighted by atomic mass is 14.9. The second-order valence-electron chi connectivity index (χ2n) is 7.18. The predicted octanol–water partition coefficient (Wildman–Crippen LogP) is 4.34. The summed E-state index contributed by atoms with van der Waals surface area (Å²) >= 11 is 0. The smallest absolute Gasteiger partial charge is 0.00699 e. The monoisotopic (exact) mass is 271 g/mol. The molecule has 0 amide bonds. The minimum atomic E-state index is 0.709. The van der Waals surface area contributed by atoms with Crippen molar-refractivity contribution in [1.29, 1.82) is 0 Å². The fourth-order valence-corrected chi connectivity index (χ4v) is 4.51. The van der Waals surface area contributed by atoms with Crippen LogP contribution in [0.25, 0.3) is 0 Å².